The molecule has 1 aromatic heterocycles. The number of esters is 1. The lowest BCUT2D eigenvalue weighted by Gasteiger charge is -2.30. The molecule has 0 atom stereocenters. The second-order valence-corrected chi connectivity index (χ2v) is 8.60. The molecule has 0 bridgehead atoms. The lowest BCUT2D eigenvalue weighted by Crippen LogP contribution is -2.38. The Morgan fingerprint density at radius 3 is 2.91 bits per heavy atom. The van der Waals surface area contributed by atoms with Gasteiger partial charge in [-0.2, -0.15) is 0 Å². The van der Waals surface area contributed by atoms with Crippen LogP contribution >= 0.6 is 11.3 Å². The number of anilines is 1. The minimum absolute atomic E-state index is 0.0254. The van der Waals surface area contributed by atoms with Gasteiger partial charge < -0.3 is 19.1 Å². The Balaban J connectivity index is 1.59. The van der Waals surface area contributed by atoms with E-state index >= 15 is 0 Å². The van der Waals surface area contributed by atoms with E-state index in [4.69, 9.17) is 19.2 Å². The molecule has 7 nitrogen and oxygen atoms in total. The maximum absolute atomic E-state index is 12.8. The number of hydrogen-bond acceptors (Lipinski definition) is 7. The molecule has 1 aliphatic heterocycles. The van der Waals surface area contributed by atoms with Crippen LogP contribution in [-0.2, 0) is 27.2 Å². The summed E-state index contributed by atoms with van der Waals surface area (Å²) in [5.74, 6) is 0.145. The van der Waals surface area contributed by atoms with Gasteiger partial charge in [-0.3, -0.25) is 4.79 Å². The molecule has 4 rings (SSSR count). The number of nitrogens with zero attached hydrogens (tertiary/aromatic N) is 2. The van der Waals surface area contributed by atoms with E-state index in [-0.39, 0.29) is 18.5 Å². The number of hydrogen-bond donors (Lipinski definition) is 0. The highest BCUT2D eigenvalue weighted by molar-refractivity contribution is 7.09. The highest BCUT2D eigenvalue weighted by Gasteiger charge is 2.26. The fourth-order valence-electron chi connectivity index (χ4n) is 3.54. The summed E-state index contributed by atoms with van der Waals surface area (Å²) in [6.07, 6.45) is 1.52. The average molecular weight is 467 g/mol. The Morgan fingerprint density at radius 2 is 2.09 bits per heavy atom. The summed E-state index contributed by atoms with van der Waals surface area (Å²) in [6.45, 7) is 3.25. The van der Waals surface area contributed by atoms with E-state index in [0.29, 0.717) is 36.8 Å². The van der Waals surface area contributed by atoms with Crippen molar-refractivity contribution in [3.05, 3.63) is 64.0 Å². The molecule has 0 N–H and O–H groups in total. The number of aromatic nitrogens is 1. The zero-order valence-electron chi connectivity index (χ0n) is 18.7. The molecule has 172 valence electrons. The van der Waals surface area contributed by atoms with Crippen molar-refractivity contribution in [1.82, 2.24) is 4.98 Å². The molecule has 2 aromatic carbocycles. The third-order valence-corrected chi connectivity index (χ3v) is 6.12. The molecule has 0 saturated carbocycles. The van der Waals surface area contributed by atoms with Crippen molar-refractivity contribution in [2.24, 2.45) is 0 Å². The fraction of sp³-hybridized carbons (Fsp3) is 0.320. The Kier molecular flexibility index (Phi) is 7.36. The van der Waals surface area contributed by atoms with Crippen LogP contribution in [0.1, 0.15) is 34.3 Å². The first-order chi connectivity index (χ1) is 16.1. The van der Waals surface area contributed by atoms with Crippen LogP contribution in [0.15, 0.2) is 47.8 Å². The van der Waals surface area contributed by atoms with Crippen molar-refractivity contribution in [2.75, 3.05) is 31.8 Å². The molecule has 0 radical (unpaired) electrons. The standard InChI is InChI=1S/C25H26N2O5S/c1-3-10-31-25(29)19-6-4-5-17(12-19)14-27-21-13-18(7-8-22(21)32-15-24(27)28)20-16-33-23(26-20)9-11-30-2/h4-8,12-13,16H,3,9-11,14-15H2,1-2H3. The zero-order chi connectivity index (χ0) is 23.2. The van der Waals surface area contributed by atoms with E-state index in [2.05, 4.69) is 0 Å². The first-order valence-corrected chi connectivity index (χ1v) is 11.7. The monoisotopic (exact) mass is 466 g/mol. The molecule has 0 saturated heterocycles. The van der Waals surface area contributed by atoms with Crippen LogP contribution < -0.4 is 9.64 Å². The van der Waals surface area contributed by atoms with Crippen LogP contribution in [-0.4, -0.2) is 43.8 Å². The molecule has 0 aliphatic carbocycles. The zero-order valence-corrected chi connectivity index (χ0v) is 19.5. The molecule has 8 heteroatoms. The van der Waals surface area contributed by atoms with Crippen LogP contribution in [0.5, 0.6) is 5.75 Å². The maximum Gasteiger partial charge on any atom is 0.338 e. The van der Waals surface area contributed by atoms with Gasteiger partial charge in [-0.25, -0.2) is 9.78 Å². The van der Waals surface area contributed by atoms with Gasteiger partial charge in [-0.15, -0.1) is 11.3 Å². The number of carbonyl (C=O) groups is 2. The largest absolute Gasteiger partial charge is 0.482 e. The van der Waals surface area contributed by atoms with Crippen molar-refractivity contribution in [1.29, 1.82) is 0 Å². The highest BCUT2D eigenvalue weighted by atomic mass is 32.1. The van der Waals surface area contributed by atoms with Gasteiger partial charge in [-0.05, 0) is 42.3 Å². The molecular weight excluding hydrogens is 440 g/mol. The summed E-state index contributed by atoms with van der Waals surface area (Å²) in [5.41, 5.74) is 3.76. The Morgan fingerprint density at radius 1 is 1.21 bits per heavy atom. The summed E-state index contributed by atoms with van der Waals surface area (Å²) < 4.78 is 16.0. The van der Waals surface area contributed by atoms with Gasteiger partial charge in [0, 0.05) is 24.5 Å². The number of thiazole rings is 1. The van der Waals surface area contributed by atoms with Gasteiger partial charge in [-0.1, -0.05) is 19.1 Å². The van der Waals surface area contributed by atoms with Crippen molar-refractivity contribution in [2.45, 2.75) is 26.3 Å². The molecule has 0 fully saturated rings. The maximum atomic E-state index is 12.8. The predicted octanol–water partition coefficient (Wildman–Crippen LogP) is 4.49. The Hall–Kier alpha value is -3.23. The third-order valence-electron chi connectivity index (χ3n) is 5.21. The van der Waals surface area contributed by atoms with Crippen molar-refractivity contribution < 1.29 is 23.8 Å². The minimum Gasteiger partial charge on any atom is -0.482 e. The summed E-state index contributed by atoms with van der Waals surface area (Å²) in [7, 11) is 1.67. The lowest BCUT2D eigenvalue weighted by molar-refractivity contribution is -0.121. The third kappa shape index (κ3) is 5.40. The summed E-state index contributed by atoms with van der Waals surface area (Å²) in [5, 5.41) is 3.01. The topological polar surface area (TPSA) is 78.0 Å². The molecule has 33 heavy (non-hydrogen) atoms. The van der Waals surface area contributed by atoms with Gasteiger partial charge in [0.2, 0.25) is 0 Å². The summed E-state index contributed by atoms with van der Waals surface area (Å²) in [6, 6.07) is 12.9. The van der Waals surface area contributed by atoms with Gasteiger partial charge in [0.1, 0.15) is 5.75 Å². The van der Waals surface area contributed by atoms with E-state index in [1.807, 2.05) is 36.6 Å². The van der Waals surface area contributed by atoms with E-state index in [1.165, 1.54) is 0 Å². The molecule has 3 aromatic rings. The van der Waals surface area contributed by atoms with Crippen molar-refractivity contribution >= 4 is 28.9 Å². The van der Waals surface area contributed by atoms with Crippen LogP contribution in [0.4, 0.5) is 5.69 Å². The highest BCUT2D eigenvalue weighted by Crippen LogP contribution is 2.37. The van der Waals surface area contributed by atoms with Gasteiger partial charge in [0.05, 0.1) is 41.7 Å². The SMILES string of the molecule is CCCOC(=O)c1cccc(CN2C(=O)COc3ccc(-c4csc(CCOC)n4)cc32)c1. The number of rotatable bonds is 9. The van der Waals surface area contributed by atoms with Crippen LogP contribution in [0.2, 0.25) is 0 Å². The van der Waals surface area contributed by atoms with E-state index in [1.54, 1.807) is 41.5 Å². The Labute approximate surface area is 196 Å². The summed E-state index contributed by atoms with van der Waals surface area (Å²) >= 11 is 1.59. The van der Waals surface area contributed by atoms with Gasteiger partial charge in [0.25, 0.3) is 5.91 Å². The number of ether oxygens (including phenoxy) is 3. The predicted molar refractivity (Wildman–Crippen MR) is 127 cm³/mol. The van der Waals surface area contributed by atoms with Gasteiger partial charge >= 0.3 is 5.97 Å². The van der Waals surface area contributed by atoms with Crippen molar-refractivity contribution in [3.8, 4) is 17.0 Å². The molecule has 1 amide bonds. The van der Waals surface area contributed by atoms with Crippen LogP contribution in [0.3, 0.4) is 0 Å². The van der Waals surface area contributed by atoms with Crippen LogP contribution in [0.25, 0.3) is 11.3 Å². The first kappa shape index (κ1) is 22.9. The van der Waals surface area contributed by atoms with Crippen molar-refractivity contribution in [3.63, 3.8) is 0 Å². The first-order valence-electron chi connectivity index (χ1n) is 10.9. The molecule has 2 heterocycles. The lowest BCUT2D eigenvalue weighted by atomic mass is 10.1. The van der Waals surface area contributed by atoms with E-state index in [9.17, 15) is 9.59 Å². The van der Waals surface area contributed by atoms with Gasteiger partial charge in [0.15, 0.2) is 6.61 Å². The smallest absolute Gasteiger partial charge is 0.338 e. The normalized spacial score (nSPS) is 12.9. The summed E-state index contributed by atoms with van der Waals surface area (Å²) in [4.78, 5) is 31.4. The number of methoxy groups -OCH3 is 1. The fourth-order valence-corrected chi connectivity index (χ4v) is 4.33. The Bertz CT molecular complexity index is 1140. The second kappa shape index (κ2) is 10.6. The second-order valence-electron chi connectivity index (χ2n) is 7.66. The number of fused-ring (bicyclic) bond motifs is 1. The van der Waals surface area contributed by atoms with Crippen LogP contribution in [0, 0.1) is 0 Å². The van der Waals surface area contributed by atoms with E-state index < -0.39 is 0 Å². The van der Waals surface area contributed by atoms with E-state index in [0.717, 1.165) is 34.7 Å². The number of benzene rings is 2. The molecular formula is C25H26N2O5S. The average Bonchev–Trinajstić information content (AvgIpc) is 3.32. The minimum atomic E-state index is -0.359. The molecule has 0 unspecified atom stereocenters. The molecule has 1 aliphatic rings. The quantitative estimate of drug-likeness (QED) is 0.433. The number of amides is 1. The molecule has 0 spiro atoms. The number of carbonyl (C=O) groups excluding carboxylic acids is 2.